The molecule has 5 heteroatoms. The highest BCUT2D eigenvalue weighted by Crippen LogP contribution is 2.34. The van der Waals surface area contributed by atoms with Gasteiger partial charge in [0.15, 0.2) is 0 Å². The zero-order valence-electron chi connectivity index (χ0n) is 15.4. The first-order valence-corrected chi connectivity index (χ1v) is 9.48. The normalized spacial score (nSPS) is 12.8. The Morgan fingerprint density at radius 3 is 2.60 bits per heavy atom. The van der Waals surface area contributed by atoms with Crippen LogP contribution in [-0.2, 0) is 11.3 Å². The van der Waals surface area contributed by atoms with Gasteiger partial charge in [-0.3, -0.25) is 4.79 Å². The second-order valence-corrected chi connectivity index (χ2v) is 8.21. The average molecular weight is 363 g/mol. The molecule has 1 heterocycles. The van der Waals surface area contributed by atoms with Gasteiger partial charge < -0.3 is 10.2 Å². The number of carbonyl (C=O) groups excluding carboxylic acids is 1. The molecule has 0 saturated carbocycles. The van der Waals surface area contributed by atoms with E-state index in [0.29, 0.717) is 13.1 Å². The Hall–Kier alpha value is -1.72. The predicted molar refractivity (Wildman–Crippen MR) is 102 cm³/mol. The molecule has 25 heavy (non-hydrogen) atoms. The third-order valence-electron chi connectivity index (χ3n) is 4.15. The number of likely N-dealkylation sites (N-methyl/N-ethyl adjacent to an activating group) is 1. The Bertz CT molecular complexity index is 679. The lowest BCUT2D eigenvalue weighted by molar-refractivity contribution is -0.130. The Labute approximate surface area is 153 Å². The van der Waals surface area contributed by atoms with E-state index in [-0.39, 0.29) is 29.7 Å². The number of halogens is 1. The molecule has 1 amide bonds. The van der Waals surface area contributed by atoms with E-state index in [1.54, 1.807) is 22.3 Å². The van der Waals surface area contributed by atoms with E-state index in [2.05, 4.69) is 37.5 Å². The summed E-state index contributed by atoms with van der Waals surface area (Å²) in [6, 6.07) is 10.7. The molecule has 1 aromatic carbocycles. The molecule has 0 bridgehead atoms. The summed E-state index contributed by atoms with van der Waals surface area (Å²) < 4.78 is 13.4. The van der Waals surface area contributed by atoms with Crippen LogP contribution in [0.5, 0.6) is 0 Å². The van der Waals surface area contributed by atoms with Gasteiger partial charge in [-0.1, -0.05) is 39.0 Å². The summed E-state index contributed by atoms with van der Waals surface area (Å²) in [7, 11) is 0. The van der Waals surface area contributed by atoms with Crippen molar-refractivity contribution in [2.75, 3.05) is 13.1 Å². The molecule has 1 aromatic heterocycles. The molecule has 136 valence electrons. The van der Waals surface area contributed by atoms with Crippen molar-refractivity contribution in [3.63, 3.8) is 0 Å². The van der Waals surface area contributed by atoms with Gasteiger partial charge in [0.05, 0.1) is 6.54 Å². The molecule has 2 rings (SSSR count). The van der Waals surface area contributed by atoms with E-state index in [1.807, 2.05) is 19.1 Å². The molecule has 1 atom stereocenters. The van der Waals surface area contributed by atoms with Crippen molar-refractivity contribution in [1.82, 2.24) is 10.2 Å². The van der Waals surface area contributed by atoms with Crippen molar-refractivity contribution in [3.05, 3.63) is 58.0 Å². The molecule has 0 aliphatic carbocycles. The van der Waals surface area contributed by atoms with Crippen molar-refractivity contribution in [3.8, 4) is 0 Å². The Kier molecular flexibility index (Phi) is 6.73. The lowest BCUT2D eigenvalue weighted by Crippen LogP contribution is -2.41. The van der Waals surface area contributed by atoms with Gasteiger partial charge in [-0.2, -0.15) is 0 Å². The maximum atomic E-state index is 13.4. The highest BCUT2D eigenvalue weighted by molar-refractivity contribution is 7.10. The third-order valence-corrected chi connectivity index (χ3v) is 5.09. The fraction of sp³-hybridized carbons (Fsp3) is 0.450. The van der Waals surface area contributed by atoms with Crippen molar-refractivity contribution in [2.24, 2.45) is 5.41 Å². The number of nitrogens with one attached hydrogen (secondary N) is 1. The predicted octanol–water partition coefficient (Wildman–Crippen LogP) is 4.61. The Balaban J connectivity index is 2.01. The summed E-state index contributed by atoms with van der Waals surface area (Å²) >= 11 is 1.70. The Morgan fingerprint density at radius 1 is 1.28 bits per heavy atom. The number of hydrogen-bond acceptors (Lipinski definition) is 3. The molecule has 2 aromatic rings. The van der Waals surface area contributed by atoms with Gasteiger partial charge in [-0.15, -0.1) is 11.3 Å². The highest BCUT2D eigenvalue weighted by Gasteiger charge is 2.27. The van der Waals surface area contributed by atoms with Gasteiger partial charge in [0.2, 0.25) is 5.91 Å². The molecular weight excluding hydrogens is 335 g/mol. The van der Waals surface area contributed by atoms with Crippen molar-refractivity contribution >= 4 is 17.2 Å². The number of rotatable bonds is 7. The molecule has 0 spiro atoms. The first kappa shape index (κ1) is 19.6. The van der Waals surface area contributed by atoms with Gasteiger partial charge in [-0.05, 0) is 41.5 Å². The fourth-order valence-corrected chi connectivity index (χ4v) is 3.87. The van der Waals surface area contributed by atoms with Gasteiger partial charge in [-0.25, -0.2) is 4.39 Å². The van der Waals surface area contributed by atoms with Crippen LogP contribution >= 0.6 is 11.3 Å². The minimum atomic E-state index is -0.274. The van der Waals surface area contributed by atoms with Gasteiger partial charge >= 0.3 is 0 Å². The van der Waals surface area contributed by atoms with Crippen LogP contribution in [0.2, 0.25) is 0 Å². The maximum Gasteiger partial charge on any atom is 0.236 e. The second kappa shape index (κ2) is 8.59. The summed E-state index contributed by atoms with van der Waals surface area (Å²) in [4.78, 5) is 15.6. The van der Waals surface area contributed by atoms with Crippen molar-refractivity contribution in [2.45, 2.75) is 40.3 Å². The fourth-order valence-electron chi connectivity index (χ4n) is 2.82. The van der Waals surface area contributed by atoms with Gasteiger partial charge in [0, 0.05) is 24.0 Å². The number of benzene rings is 1. The summed E-state index contributed by atoms with van der Waals surface area (Å²) in [6.07, 6.45) is 0. The van der Waals surface area contributed by atoms with Crippen LogP contribution in [0.3, 0.4) is 0 Å². The number of thiophene rings is 1. The van der Waals surface area contributed by atoms with E-state index in [4.69, 9.17) is 0 Å². The second-order valence-electron chi connectivity index (χ2n) is 7.23. The quantitative estimate of drug-likeness (QED) is 0.780. The molecule has 0 aliphatic heterocycles. The summed E-state index contributed by atoms with van der Waals surface area (Å²) in [5.74, 6) is -0.248. The topological polar surface area (TPSA) is 32.3 Å². The zero-order chi connectivity index (χ0) is 18.4. The van der Waals surface area contributed by atoms with Crippen LogP contribution < -0.4 is 5.32 Å². The van der Waals surface area contributed by atoms with Crippen molar-refractivity contribution < 1.29 is 9.18 Å². The number of nitrogens with zero attached hydrogens (tertiary/aromatic N) is 1. The molecule has 3 nitrogen and oxygen atoms in total. The molecular formula is C20H27FN2OS. The molecule has 1 unspecified atom stereocenters. The summed E-state index contributed by atoms with van der Waals surface area (Å²) in [5.41, 5.74) is 0.811. The summed E-state index contributed by atoms with van der Waals surface area (Å²) in [6.45, 7) is 9.72. The first-order valence-electron chi connectivity index (χ1n) is 8.60. The highest BCUT2D eigenvalue weighted by atomic mass is 32.1. The number of carbonyl (C=O) groups is 1. The lowest BCUT2D eigenvalue weighted by atomic mass is 9.86. The standard InChI is InChI=1S/C20H27FN2OS/c1-5-23(14-15-8-6-9-16(21)12-15)18(24)13-22-19(20(2,3)4)17-10-7-11-25-17/h6-12,19,22H,5,13-14H2,1-4H3. The van der Waals surface area contributed by atoms with Crippen LogP contribution in [0, 0.1) is 11.2 Å². The molecule has 0 radical (unpaired) electrons. The SMILES string of the molecule is CCN(Cc1cccc(F)c1)C(=O)CNC(c1cccs1)C(C)(C)C. The smallest absolute Gasteiger partial charge is 0.236 e. The van der Waals surface area contributed by atoms with E-state index >= 15 is 0 Å². The minimum absolute atomic E-state index is 0.00470. The maximum absolute atomic E-state index is 13.4. The average Bonchev–Trinajstić information content (AvgIpc) is 3.05. The van der Waals surface area contributed by atoms with Crippen LogP contribution in [0.15, 0.2) is 41.8 Å². The molecule has 0 fully saturated rings. The molecule has 0 saturated heterocycles. The van der Waals surface area contributed by atoms with E-state index in [9.17, 15) is 9.18 Å². The van der Waals surface area contributed by atoms with E-state index < -0.39 is 0 Å². The summed E-state index contributed by atoms with van der Waals surface area (Å²) in [5, 5.41) is 5.47. The van der Waals surface area contributed by atoms with E-state index in [0.717, 1.165) is 5.56 Å². The number of amides is 1. The van der Waals surface area contributed by atoms with Gasteiger partial charge in [0.25, 0.3) is 0 Å². The zero-order valence-corrected chi connectivity index (χ0v) is 16.2. The van der Waals surface area contributed by atoms with Crippen molar-refractivity contribution in [1.29, 1.82) is 0 Å². The Morgan fingerprint density at radius 2 is 2.04 bits per heavy atom. The van der Waals surface area contributed by atoms with Crippen LogP contribution in [0.4, 0.5) is 4.39 Å². The molecule has 1 N–H and O–H groups in total. The van der Waals surface area contributed by atoms with Gasteiger partial charge in [0.1, 0.15) is 5.82 Å². The monoisotopic (exact) mass is 362 g/mol. The third kappa shape index (κ3) is 5.65. The van der Waals surface area contributed by atoms with Crippen LogP contribution in [0.1, 0.15) is 44.2 Å². The van der Waals surface area contributed by atoms with E-state index in [1.165, 1.54) is 17.0 Å². The minimum Gasteiger partial charge on any atom is -0.338 e. The number of hydrogen-bond donors (Lipinski definition) is 1. The largest absolute Gasteiger partial charge is 0.338 e. The van der Waals surface area contributed by atoms with Crippen LogP contribution in [0.25, 0.3) is 0 Å². The molecule has 0 aliphatic rings. The lowest BCUT2D eigenvalue weighted by Gasteiger charge is -2.31. The van der Waals surface area contributed by atoms with Crippen LogP contribution in [-0.4, -0.2) is 23.9 Å². The first-order chi connectivity index (χ1) is 11.8.